The van der Waals surface area contributed by atoms with Gasteiger partial charge < -0.3 is 13.8 Å². The number of ether oxygens (including phenoxy) is 1. The molecule has 1 amide bonds. The monoisotopic (exact) mass is 629 g/mol. The highest BCUT2D eigenvalue weighted by Gasteiger charge is 2.38. The molecule has 6 nitrogen and oxygen atoms in total. The molecule has 3 aromatic rings. The summed E-state index contributed by atoms with van der Waals surface area (Å²) in [6, 6.07) is 8.04. The molecule has 0 N–H and O–H groups in total. The van der Waals surface area contributed by atoms with Crippen LogP contribution >= 0.6 is 0 Å². The van der Waals surface area contributed by atoms with Crippen molar-refractivity contribution in [1.82, 2.24) is 4.90 Å². The van der Waals surface area contributed by atoms with Crippen LogP contribution < -0.4 is 4.18 Å². The van der Waals surface area contributed by atoms with Gasteiger partial charge in [0.2, 0.25) is 0 Å². The molecule has 0 fully saturated rings. The highest BCUT2D eigenvalue weighted by Crippen LogP contribution is 2.37. The Morgan fingerprint density at radius 2 is 1.31 bits per heavy atom. The zero-order valence-corrected chi connectivity index (χ0v) is 22.1. The lowest BCUT2D eigenvalue weighted by Gasteiger charge is -2.24. The standard InChI is InChI=1S/C26H20F9NO5S/c1-40-10-9-36(23(37)17-11-19(25(30,31)32)13-20(12-17)26(33,34)35)15-16-5-7-21(8-6-16)41-42(38,39)22-4-2-3-18(14-22)24(27,28)29/h2-8,11-14H,9-10,15H2,1H3. The molecule has 0 atom stereocenters. The first-order chi connectivity index (χ1) is 19.3. The number of methoxy groups -OCH3 is 1. The molecule has 0 heterocycles. The van der Waals surface area contributed by atoms with E-state index in [1.165, 1.54) is 19.2 Å². The molecule has 0 radical (unpaired) electrons. The molecular weight excluding hydrogens is 609 g/mol. The van der Waals surface area contributed by atoms with Gasteiger partial charge in [0.1, 0.15) is 10.6 Å². The SMILES string of the molecule is COCCN(Cc1ccc(OS(=O)(=O)c2cccc(C(F)(F)F)c2)cc1)C(=O)c1cc(C(F)(F)F)cc(C(F)(F)F)c1. The largest absolute Gasteiger partial charge is 0.416 e. The van der Waals surface area contributed by atoms with Crippen molar-refractivity contribution in [1.29, 1.82) is 0 Å². The molecule has 0 aliphatic heterocycles. The number of carbonyl (C=O) groups excluding carboxylic acids is 1. The van der Waals surface area contributed by atoms with E-state index in [4.69, 9.17) is 8.92 Å². The molecule has 228 valence electrons. The van der Waals surface area contributed by atoms with Gasteiger partial charge in [-0.2, -0.15) is 47.9 Å². The van der Waals surface area contributed by atoms with Gasteiger partial charge in [0.15, 0.2) is 0 Å². The van der Waals surface area contributed by atoms with Gasteiger partial charge in [0.05, 0.1) is 23.3 Å². The molecule has 3 rings (SSSR count). The molecule has 42 heavy (non-hydrogen) atoms. The second kappa shape index (κ2) is 12.2. The Hall–Kier alpha value is -3.79. The molecule has 0 unspecified atom stereocenters. The van der Waals surface area contributed by atoms with Crippen LogP contribution in [0.2, 0.25) is 0 Å². The van der Waals surface area contributed by atoms with Crippen LogP contribution in [-0.4, -0.2) is 39.5 Å². The van der Waals surface area contributed by atoms with E-state index in [0.29, 0.717) is 24.3 Å². The number of halogens is 9. The van der Waals surface area contributed by atoms with Crippen molar-refractivity contribution >= 4 is 16.0 Å². The molecule has 0 saturated carbocycles. The van der Waals surface area contributed by atoms with Crippen molar-refractivity contribution in [2.24, 2.45) is 0 Å². The number of amides is 1. The van der Waals surface area contributed by atoms with Gasteiger partial charge in [0.25, 0.3) is 5.91 Å². The van der Waals surface area contributed by atoms with Crippen molar-refractivity contribution in [3.8, 4) is 5.75 Å². The number of carbonyl (C=O) groups is 1. The zero-order valence-electron chi connectivity index (χ0n) is 21.3. The normalized spacial score (nSPS) is 12.7. The zero-order chi connectivity index (χ0) is 31.5. The Morgan fingerprint density at radius 1 is 0.762 bits per heavy atom. The average molecular weight is 629 g/mol. The molecule has 0 bridgehead atoms. The van der Waals surface area contributed by atoms with E-state index in [0.717, 1.165) is 29.2 Å². The van der Waals surface area contributed by atoms with Crippen LogP contribution in [0.4, 0.5) is 39.5 Å². The van der Waals surface area contributed by atoms with Crippen molar-refractivity contribution in [2.45, 2.75) is 30.0 Å². The van der Waals surface area contributed by atoms with E-state index >= 15 is 0 Å². The van der Waals surface area contributed by atoms with E-state index in [2.05, 4.69) is 0 Å². The Kier molecular flexibility index (Phi) is 9.51. The highest BCUT2D eigenvalue weighted by molar-refractivity contribution is 7.87. The maximum atomic E-state index is 13.3. The number of nitrogens with zero attached hydrogens (tertiary/aromatic N) is 1. The van der Waals surface area contributed by atoms with E-state index in [1.807, 2.05) is 0 Å². The number of benzene rings is 3. The number of hydrogen-bond donors (Lipinski definition) is 0. The predicted octanol–water partition coefficient (Wildman–Crippen LogP) is 6.80. The third-order valence-electron chi connectivity index (χ3n) is 5.64. The summed E-state index contributed by atoms with van der Waals surface area (Å²) in [5.74, 6) is -1.49. The Balaban J connectivity index is 1.85. The van der Waals surface area contributed by atoms with Crippen molar-refractivity contribution in [3.05, 3.63) is 94.5 Å². The van der Waals surface area contributed by atoms with Crippen LogP contribution in [0, 0.1) is 0 Å². The third-order valence-corrected chi connectivity index (χ3v) is 6.88. The van der Waals surface area contributed by atoms with Crippen LogP contribution in [-0.2, 0) is 39.9 Å². The average Bonchev–Trinajstić information content (AvgIpc) is 2.90. The first kappa shape index (κ1) is 32.7. The number of rotatable bonds is 9. The summed E-state index contributed by atoms with van der Waals surface area (Å²) >= 11 is 0. The number of alkyl halides is 9. The molecule has 0 aromatic heterocycles. The topological polar surface area (TPSA) is 72.9 Å². The summed E-state index contributed by atoms with van der Waals surface area (Å²) in [6.07, 6.45) is -15.1. The van der Waals surface area contributed by atoms with Gasteiger partial charge in [-0.15, -0.1) is 0 Å². The third kappa shape index (κ3) is 8.38. The van der Waals surface area contributed by atoms with Crippen molar-refractivity contribution in [3.63, 3.8) is 0 Å². The fourth-order valence-corrected chi connectivity index (χ4v) is 4.57. The Labute approximate surface area is 233 Å². The van der Waals surface area contributed by atoms with Gasteiger partial charge in [0, 0.05) is 25.8 Å². The summed E-state index contributed by atoms with van der Waals surface area (Å²) in [5.41, 5.74) is -5.18. The molecule has 0 aliphatic rings. The molecule has 0 spiro atoms. The van der Waals surface area contributed by atoms with Crippen molar-refractivity contribution < 1.29 is 61.6 Å². The smallest absolute Gasteiger partial charge is 0.383 e. The van der Waals surface area contributed by atoms with Gasteiger partial charge in [-0.25, -0.2) is 0 Å². The predicted molar refractivity (Wildman–Crippen MR) is 129 cm³/mol. The fraction of sp³-hybridized carbons (Fsp3) is 0.269. The summed E-state index contributed by atoms with van der Waals surface area (Å²) in [5, 5.41) is 0. The lowest BCUT2D eigenvalue weighted by atomic mass is 10.0. The van der Waals surface area contributed by atoms with Crippen molar-refractivity contribution in [2.75, 3.05) is 20.3 Å². The second-order valence-electron chi connectivity index (χ2n) is 8.72. The molecule has 0 aliphatic carbocycles. The summed E-state index contributed by atoms with van der Waals surface area (Å²) < 4.78 is 153. The van der Waals surface area contributed by atoms with Crippen LogP contribution in [0.1, 0.15) is 32.6 Å². The first-order valence-electron chi connectivity index (χ1n) is 11.6. The summed E-state index contributed by atoms with van der Waals surface area (Å²) in [6.45, 7) is -0.719. The minimum Gasteiger partial charge on any atom is -0.383 e. The highest BCUT2D eigenvalue weighted by atomic mass is 32.2. The van der Waals surface area contributed by atoms with E-state index in [-0.39, 0.29) is 37.1 Å². The second-order valence-corrected chi connectivity index (χ2v) is 10.3. The van der Waals surface area contributed by atoms with Crippen LogP contribution in [0.15, 0.2) is 71.6 Å². The molecular formula is C26H20F9NO5S. The van der Waals surface area contributed by atoms with Crippen LogP contribution in [0.25, 0.3) is 0 Å². The minimum absolute atomic E-state index is 0.109. The van der Waals surface area contributed by atoms with E-state index in [1.54, 1.807) is 0 Å². The van der Waals surface area contributed by atoms with E-state index in [9.17, 15) is 52.7 Å². The molecule has 3 aromatic carbocycles. The van der Waals surface area contributed by atoms with Gasteiger partial charge in [-0.05, 0) is 54.1 Å². The van der Waals surface area contributed by atoms with Gasteiger partial charge in [-0.1, -0.05) is 18.2 Å². The maximum Gasteiger partial charge on any atom is 0.416 e. The van der Waals surface area contributed by atoms with Gasteiger partial charge >= 0.3 is 28.6 Å². The lowest BCUT2D eigenvalue weighted by Crippen LogP contribution is -2.34. The fourth-order valence-electron chi connectivity index (χ4n) is 3.59. The Bertz CT molecular complexity index is 1480. The molecule has 0 saturated heterocycles. The number of hydrogen-bond acceptors (Lipinski definition) is 5. The van der Waals surface area contributed by atoms with Gasteiger partial charge in [-0.3, -0.25) is 4.79 Å². The first-order valence-corrected chi connectivity index (χ1v) is 13.0. The Morgan fingerprint density at radius 3 is 1.81 bits per heavy atom. The van der Waals surface area contributed by atoms with Crippen LogP contribution in [0.5, 0.6) is 5.75 Å². The van der Waals surface area contributed by atoms with E-state index < -0.39 is 61.7 Å². The quantitative estimate of drug-likeness (QED) is 0.192. The van der Waals surface area contributed by atoms with Crippen LogP contribution in [0.3, 0.4) is 0 Å². The summed E-state index contributed by atoms with van der Waals surface area (Å²) in [7, 11) is -3.44. The molecule has 16 heteroatoms. The maximum absolute atomic E-state index is 13.3. The summed E-state index contributed by atoms with van der Waals surface area (Å²) in [4.78, 5) is 13.2. The lowest BCUT2D eigenvalue weighted by molar-refractivity contribution is -0.143. The minimum atomic E-state index is -5.17.